The van der Waals surface area contributed by atoms with Crippen molar-refractivity contribution < 1.29 is 4.74 Å². The summed E-state index contributed by atoms with van der Waals surface area (Å²) in [5.41, 5.74) is 0.138. The fourth-order valence-electron chi connectivity index (χ4n) is 5.34. The van der Waals surface area contributed by atoms with Crippen molar-refractivity contribution in [2.45, 2.75) is 70.1 Å². The molecule has 6 unspecified atom stereocenters. The second-order valence-electron chi connectivity index (χ2n) is 7.52. The molecule has 1 aliphatic heterocycles. The van der Waals surface area contributed by atoms with Crippen molar-refractivity contribution in [2.75, 3.05) is 6.61 Å². The summed E-state index contributed by atoms with van der Waals surface area (Å²) in [6.45, 7) is 5.50. The zero-order valence-corrected chi connectivity index (χ0v) is 11.8. The first-order valence-corrected chi connectivity index (χ1v) is 8.10. The molecule has 2 bridgehead atoms. The standard InChI is InChI=1S/C16H27NO/c1-3-16(2)9-12(6-7-18-16)17-15-13-10-4-5-11(8-10)14(13)15/h10-15,17H,3-9H2,1-2H3. The first-order valence-electron chi connectivity index (χ1n) is 8.10. The predicted octanol–water partition coefficient (Wildman–Crippen LogP) is 2.97. The lowest BCUT2D eigenvalue weighted by atomic mass is 9.89. The number of ether oxygens (including phenoxy) is 1. The molecule has 1 heterocycles. The molecule has 0 radical (unpaired) electrons. The van der Waals surface area contributed by atoms with E-state index in [9.17, 15) is 0 Å². The predicted molar refractivity (Wildman–Crippen MR) is 72.4 cm³/mol. The Labute approximate surface area is 111 Å². The van der Waals surface area contributed by atoms with Crippen molar-refractivity contribution in [3.05, 3.63) is 0 Å². The van der Waals surface area contributed by atoms with Gasteiger partial charge in [-0.25, -0.2) is 0 Å². The average Bonchev–Trinajstić information content (AvgIpc) is 2.77. The molecule has 3 aliphatic carbocycles. The molecule has 2 heteroatoms. The fourth-order valence-corrected chi connectivity index (χ4v) is 5.34. The molecule has 4 aliphatic rings. The van der Waals surface area contributed by atoms with E-state index >= 15 is 0 Å². The quantitative estimate of drug-likeness (QED) is 0.830. The molecule has 4 rings (SSSR count). The van der Waals surface area contributed by atoms with Gasteiger partial charge in [0.15, 0.2) is 0 Å². The Morgan fingerprint density at radius 1 is 1.17 bits per heavy atom. The second-order valence-corrected chi connectivity index (χ2v) is 7.52. The molecule has 0 aromatic carbocycles. The largest absolute Gasteiger partial charge is 0.375 e. The van der Waals surface area contributed by atoms with Gasteiger partial charge in [-0.05, 0) is 69.1 Å². The van der Waals surface area contributed by atoms with Crippen molar-refractivity contribution in [3.8, 4) is 0 Å². The van der Waals surface area contributed by atoms with Gasteiger partial charge < -0.3 is 10.1 Å². The maximum Gasteiger partial charge on any atom is 0.0666 e. The van der Waals surface area contributed by atoms with E-state index in [1.165, 1.54) is 25.7 Å². The van der Waals surface area contributed by atoms with Crippen LogP contribution in [0.1, 0.15) is 52.4 Å². The van der Waals surface area contributed by atoms with E-state index in [0.29, 0.717) is 0 Å². The van der Waals surface area contributed by atoms with Crippen LogP contribution in [0.15, 0.2) is 0 Å². The highest BCUT2D eigenvalue weighted by Gasteiger charge is 2.65. The van der Waals surface area contributed by atoms with Crippen LogP contribution in [-0.4, -0.2) is 24.3 Å². The van der Waals surface area contributed by atoms with Gasteiger partial charge in [0.25, 0.3) is 0 Å². The van der Waals surface area contributed by atoms with Gasteiger partial charge in [-0.3, -0.25) is 0 Å². The summed E-state index contributed by atoms with van der Waals surface area (Å²) in [6.07, 6.45) is 8.21. The summed E-state index contributed by atoms with van der Waals surface area (Å²) < 4.78 is 5.96. The molecule has 0 aromatic rings. The molecule has 18 heavy (non-hydrogen) atoms. The lowest BCUT2D eigenvalue weighted by Crippen LogP contribution is -2.46. The summed E-state index contributed by atoms with van der Waals surface area (Å²) in [6, 6.07) is 1.61. The highest BCUT2D eigenvalue weighted by atomic mass is 16.5. The van der Waals surface area contributed by atoms with Crippen LogP contribution in [0, 0.1) is 23.7 Å². The molecule has 4 fully saturated rings. The minimum atomic E-state index is 0.138. The maximum absolute atomic E-state index is 5.96. The normalized spacial score (nSPS) is 57.7. The van der Waals surface area contributed by atoms with Crippen LogP contribution in [0.3, 0.4) is 0 Å². The lowest BCUT2D eigenvalue weighted by Gasteiger charge is -2.38. The molecule has 1 saturated heterocycles. The third-order valence-electron chi connectivity index (χ3n) is 6.51. The third kappa shape index (κ3) is 1.68. The van der Waals surface area contributed by atoms with Crippen molar-refractivity contribution in [2.24, 2.45) is 23.7 Å². The lowest BCUT2D eigenvalue weighted by molar-refractivity contribution is -0.0785. The number of hydrogen-bond donors (Lipinski definition) is 1. The van der Waals surface area contributed by atoms with E-state index in [2.05, 4.69) is 19.2 Å². The number of hydrogen-bond acceptors (Lipinski definition) is 2. The summed E-state index contributed by atoms with van der Waals surface area (Å²) >= 11 is 0. The zero-order valence-electron chi connectivity index (χ0n) is 11.8. The summed E-state index contributed by atoms with van der Waals surface area (Å²) in [4.78, 5) is 0. The molecule has 1 N–H and O–H groups in total. The topological polar surface area (TPSA) is 21.3 Å². The Hall–Kier alpha value is -0.0800. The first-order chi connectivity index (χ1) is 8.70. The summed E-state index contributed by atoms with van der Waals surface area (Å²) in [5, 5.41) is 4.01. The molecular formula is C16H27NO. The number of fused-ring (bicyclic) bond motifs is 5. The van der Waals surface area contributed by atoms with E-state index in [4.69, 9.17) is 4.74 Å². The van der Waals surface area contributed by atoms with Gasteiger partial charge in [0.2, 0.25) is 0 Å². The Kier molecular flexibility index (Phi) is 2.58. The van der Waals surface area contributed by atoms with Crippen LogP contribution in [0.2, 0.25) is 0 Å². The molecule has 0 amide bonds. The Morgan fingerprint density at radius 3 is 2.56 bits per heavy atom. The molecular weight excluding hydrogens is 222 g/mol. The minimum absolute atomic E-state index is 0.138. The molecule has 3 saturated carbocycles. The van der Waals surface area contributed by atoms with E-state index in [-0.39, 0.29) is 5.60 Å². The minimum Gasteiger partial charge on any atom is -0.375 e. The summed E-state index contributed by atoms with van der Waals surface area (Å²) in [5.74, 6) is 4.32. The fraction of sp³-hybridized carbons (Fsp3) is 1.00. The van der Waals surface area contributed by atoms with Crippen LogP contribution >= 0.6 is 0 Å². The summed E-state index contributed by atoms with van der Waals surface area (Å²) in [7, 11) is 0. The van der Waals surface area contributed by atoms with Crippen LogP contribution in [0.25, 0.3) is 0 Å². The van der Waals surface area contributed by atoms with Crippen molar-refractivity contribution in [1.82, 2.24) is 5.32 Å². The van der Waals surface area contributed by atoms with E-state index in [1.807, 2.05) is 0 Å². The number of nitrogens with one attached hydrogen (secondary N) is 1. The Balaban J connectivity index is 1.36. The van der Waals surface area contributed by atoms with Gasteiger partial charge in [-0.2, -0.15) is 0 Å². The van der Waals surface area contributed by atoms with Crippen molar-refractivity contribution in [1.29, 1.82) is 0 Å². The van der Waals surface area contributed by atoms with E-state index in [1.54, 1.807) is 6.42 Å². The zero-order chi connectivity index (χ0) is 12.3. The first kappa shape index (κ1) is 11.7. The average molecular weight is 249 g/mol. The molecule has 6 atom stereocenters. The smallest absolute Gasteiger partial charge is 0.0666 e. The third-order valence-corrected chi connectivity index (χ3v) is 6.51. The van der Waals surface area contributed by atoms with Crippen LogP contribution < -0.4 is 5.32 Å². The van der Waals surface area contributed by atoms with Crippen molar-refractivity contribution in [3.63, 3.8) is 0 Å². The maximum atomic E-state index is 5.96. The highest BCUT2D eigenvalue weighted by Crippen LogP contribution is 2.65. The number of rotatable bonds is 3. The van der Waals surface area contributed by atoms with Crippen LogP contribution in [0.4, 0.5) is 0 Å². The Bertz CT molecular complexity index is 328. The van der Waals surface area contributed by atoms with Crippen LogP contribution in [0.5, 0.6) is 0 Å². The van der Waals surface area contributed by atoms with Gasteiger partial charge in [0.1, 0.15) is 0 Å². The second kappa shape index (κ2) is 3.96. The van der Waals surface area contributed by atoms with E-state index < -0.39 is 0 Å². The van der Waals surface area contributed by atoms with Gasteiger partial charge in [-0.1, -0.05) is 6.92 Å². The highest BCUT2D eigenvalue weighted by molar-refractivity contribution is 5.17. The molecule has 0 spiro atoms. The molecule has 0 aromatic heterocycles. The van der Waals surface area contributed by atoms with Gasteiger partial charge in [0, 0.05) is 18.7 Å². The molecule has 102 valence electrons. The monoisotopic (exact) mass is 249 g/mol. The van der Waals surface area contributed by atoms with Gasteiger partial charge >= 0.3 is 0 Å². The van der Waals surface area contributed by atoms with E-state index in [0.717, 1.165) is 48.8 Å². The molecule has 2 nitrogen and oxygen atoms in total. The van der Waals surface area contributed by atoms with Gasteiger partial charge in [-0.15, -0.1) is 0 Å². The SMILES string of the molecule is CCC1(C)CC(NC2C3C4CCC(C4)C23)CCO1. The van der Waals surface area contributed by atoms with Gasteiger partial charge in [0.05, 0.1) is 5.60 Å². The van der Waals surface area contributed by atoms with Crippen LogP contribution in [-0.2, 0) is 4.74 Å². The van der Waals surface area contributed by atoms with Crippen molar-refractivity contribution >= 4 is 0 Å². The Morgan fingerprint density at radius 2 is 1.89 bits per heavy atom.